The number of nitrogens with zero attached hydrogens (tertiary/aromatic N) is 1. The van der Waals surface area contributed by atoms with Crippen molar-refractivity contribution < 1.29 is 14.3 Å². The number of nitrogens with one attached hydrogen (secondary N) is 1. The molecule has 1 aliphatic rings. The third-order valence-corrected chi connectivity index (χ3v) is 4.93. The molecule has 0 aromatic heterocycles. The molecule has 1 N–H and O–H groups in total. The first-order valence-corrected chi connectivity index (χ1v) is 10.3. The number of ether oxygens (including phenoxy) is 2. The summed E-state index contributed by atoms with van der Waals surface area (Å²) in [5, 5.41) is 3.63. The van der Waals surface area contributed by atoms with Crippen LogP contribution in [0.1, 0.15) is 38.3 Å². The van der Waals surface area contributed by atoms with Gasteiger partial charge in [-0.1, -0.05) is 60.7 Å². The van der Waals surface area contributed by atoms with E-state index in [1.165, 1.54) is 5.56 Å². The van der Waals surface area contributed by atoms with Crippen LogP contribution in [0.3, 0.4) is 0 Å². The van der Waals surface area contributed by atoms with Gasteiger partial charge in [0, 0.05) is 19.1 Å². The molecule has 3 rings (SSSR count). The van der Waals surface area contributed by atoms with Crippen LogP contribution in [0.5, 0.6) is 0 Å². The van der Waals surface area contributed by atoms with Crippen LogP contribution in [0.2, 0.25) is 0 Å². The van der Waals surface area contributed by atoms with Gasteiger partial charge in [0.25, 0.3) is 0 Å². The zero-order valence-corrected chi connectivity index (χ0v) is 17.6. The maximum absolute atomic E-state index is 12.5. The Labute approximate surface area is 174 Å². The van der Waals surface area contributed by atoms with E-state index in [2.05, 4.69) is 29.6 Å². The van der Waals surface area contributed by atoms with Crippen molar-refractivity contribution in [1.29, 1.82) is 0 Å². The summed E-state index contributed by atoms with van der Waals surface area (Å²) in [5.74, 6) is 0. The van der Waals surface area contributed by atoms with E-state index in [1.54, 1.807) is 4.90 Å². The topological polar surface area (TPSA) is 50.8 Å². The first-order chi connectivity index (χ1) is 13.9. The Hall–Kier alpha value is -2.37. The highest BCUT2D eigenvalue weighted by molar-refractivity contribution is 5.68. The van der Waals surface area contributed by atoms with E-state index in [-0.39, 0.29) is 18.2 Å². The lowest BCUT2D eigenvalue weighted by molar-refractivity contribution is -0.0411. The summed E-state index contributed by atoms with van der Waals surface area (Å²) < 4.78 is 11.8. The molecule has 1 saturated heterocycles. The Morgan fingerprint density at radius 3 is 2.28 bits per heavy atom. The van der Waals surface area contributed by atoms with Crippen LogP contribution < -0.4 is 5.32 Å². The monoisotopic (exact) mass is 396 g/mol. The van der Waals surface area contributed by atoms with Gasteiger partial charge in [0.05, 0.1) is 19.3 Å². The number of hydrogen-bond donors (Lipinski definition) is 1. The normalized spacial score (nSPS) is 19.8. The van der Waals surface area contributed by atoms with Crippen molar-refractivity contribution in [2.75, 3.05) is 13.1 Å². The molecule has 0 saturated carbocycles. The summed E-state index contributed by atoms with van der Waals surface area (Å²) in [6.07, 6.45) is 0.457. The standard InChI is InChI=1S/C24H32N2O3/c1-24(2,3)29-23(27)26-15-14-21(25-16-19-10-6-4-7-11-19)22(17-26)28-18-20-12-8-5-9-13-20/h4-13,21-22,25H,14-18H2,1-3H3/t21-,22+/m0/s1. The van der Waals surface area contributed by atoms with Gasteiger partial charge in [0.1, 0.15) is 5.60 Å². The summed E-state index contributed by atoms with van der Waals surface area (Å²) in [7, 11) is 0. The predicted molar refractivity (Wildman–Crippen MR) is 115 cm³/mol. The molecule has 5 heteroatoms. The number of amides is 1. The Kier molecular flexibility index (Phi) is 7.29. The van der Waals surface area contributed by atoms with E-state index >= 15 is 0 Å². The Balaban J connectivity index is 1.63. The fourth-order valence-electron chi connectivity index (χ4n) is 3.43. The minimum Gasteiger partial charge on any atom is -0.444 e. The van der Waals surface area contributed by atoms with Crippen molar-refractivity contribution >= 4 is 6.09 Å². The molecule has 0 radical (unpaired) electrons. The van der Waals surface area contributed by atoms with Crippen molar-refractivity contribution in [2.45, 2.75) is 58.1 Å². The molecule has 0 unspecified atom stereocenters. The second-order valence-electron chi connectivity index (χ2n) is 8.52. The number of hydrogen-bond acceptors (Lipinski definition) is 4. The van der Waals surface area contributed by atoms with Crippen molar-refractivity contribution in [1.82, 2.24) is 10.2 Å². The molecule has 0 spiro atoms. The van der Waals surface area contributed by atoms with E-state index in [0.29, 0.717) is 19.7 Å². The molecule has 29 heavy (non-hydrogen) atoms. The molecule has 5 nitrogen and oxygen atoms in total. The molecule has 0 bridgehead atoms. The van der Waals surface area contributed by atoms with Crippen molar-refractivity contribution in [3.05, 3.63) is 71.8 Å². The quantitative estimate of drug-likeness (QED) is 0.788. The highest BCUT2D eigenvalue weighted by Crippen LogP contribution is 2.19. The number of likely N-dealkylation sites (tertiary alicyclic amines) is 1. The summed E-state index contributed by atoms with van der Waals surface area (Å²) in [6, 6.07) is 20.7. The van der Waals surface area contributed by atoms with Crippen LogP contribution in [0.25, 0.3) is 0 Å². The van der Waals surface area contributed by atoms with Crippen LogP contribution in [-0.2, 0) is 22.6 Å². The largest absolute Gasteiger partial charge is 0.444 e. The van der Waals surface area contributed by atoms with Crippen molar-refractivity contribution in [2.24, 2.45) is 0 Å². The lowest BCUT2D eigenvalue weighted by atomic mass is 10.0. The van der Waals surface area contributed by atoms with Gasteiger partial charge in [-0.05, 0) is 38.3 Å². The second-order valence-corrected chi connectivity index (χ2v) is 8.52. The first-order valence-electron chi connectivity index (χ1n) is 10.3. The van der Waals surface area contributed by atoms with Gasteiger partial charge >= 0.3 is 6.09 Å². The van der Waals surface area contributed by atoms with E-state index in [0.717, 1.165) is 18.5 Å². The van der Waals surface area contributed by atoms with E-state index < -0.39 is 5.60 Å². The lowest BCUT2D eigenvalue weighted by Gasteiger charge is -2.39. The molecular weight excluding hydrogens is 364 g/mol. The average Bonchev–Trinajstić information content (AvgIpc) is 2.71. The molecule has 2 atom stereocenters. The van der Waals surface area contributed by atoms with Gasteiger partial charge in [-0.25, -0.2) is 4.79 Å². The van der Waals surface area contributed by atoms with Gasteiger partial charge in [-0.3, -0.25) is 0 Å². The molecule has 156 valence electrons. The van der Waals surface area contributed by atoms with Crippen LogP contribution in [0, 0.1) is 0 Å². The van der Waals surface area contributed by atoms with E-state index in [4.69, 9.17) is 9.47 Å². The molecule has 1 amide bonds. The van der Waals surface area contributed by atoms with Crippen molar-refractivity contribution in [3.63, 3.8) is 0 Å². The van der Waals surface area contributed by atoms with Gasteiger partial charge < -0.3 is 19.7 Å². The number of carbonyl (C=O) groups is 1. The summed E-state index contributed by atoms with van der Waals surface area (Å²) in [5.41, 5.74) is 1.87. The maximum Gasteiger partial charge on any atom is 0.410 e. The van der Waals surface area contributed by atoms with E-state index in [1.807, 2.05) is 57.2 Å². The van der Waals surface area contributed by atoms with E-state index in [9.17, 15) is 4.79 Å². The molecule has 1 heterocycles. The van der Waals surface area contributed by atoms with Crippen LogP contribution in [0.15, 0.2) is 60.7 Å². The van der Waals surface area contributed by atoms with Gasteiger partial charge in [0.15, 0.2) is 0 Å². The fraction of sp³-hybridized carbons (Fsp3) is 0.458. The number of benzene rings is 2. The van der Waals surface area contributed by atoms with Crippen molar-refractivity contribution in [3.8, 4) is 0 Å². The molecule has 2 aromatic carbocycles. The van der Waals surface area contributed by atoms with Crippen LogP contribution >= 0.6 is 0 Å². The minimum absolute atomic E-state index is 0.0970. The predicted octanol–water partition coefficient (Wildman–Crippen LogP) is 4.37. The summed E-state index contributed by atoms with van der Waals surface area (Å²) in [4.78, 5) is 14.3. The second kappa shape index (κ2) is 9.90. The number of rotatable bonds is 6. The third-order valence-electron chi connectivity index (χ3n) is 4.93. The molecule has 1 aliphatic heterocycles. The fourth-order valence-corrected chi connectivity index (χ4v) is 3.43. The first kappa shape index (κ1) is 21.3. The average molecular weight is 397 g/mol. The van der Waals surface area contributed by atoms with Gasteiger partial charge in [0.2, 0.25) is 0 Å². The maximum atomic E-state index is 12.5. The highest BCUT2D eigenvalue weighted by atomic mass is 16.6. The Bertz CT molecular complexity index is 759. The zero-order chi connectivity index (χ0) is 20.7. The minimum atomic E-state index is -0.500. The molecule has 1 fully saturated rings. The van der Waals surface area contributed by atoms with Crippen LogP contribution in [0.4, 0.5) is 4.79 Å². The number of piperidine rings is 1. The zero-order valence-electron chi connectivity index (χ0n) is 17.6. The SMILES string of the molecule is CC(C)(C)OC(=O)N1CC[C@H](NCc2ccccc2)[C@H](OCc2ccccc2)C1. The third kappa shape index (κ3) is 6.87. The summed E-state index contributed by atoms with van der Waals surface area (Å²) in [6.45, 7) is 8.16. The highest BCUT2D eigenvalue weighted by Gasteiger charge is 2.34. The number of carbonyl (C=O) groups excluding carboxylic acids is 1. The van der Waals surface area contributed by atoms with Gasteiger partial charge in [-0.2, -0.15) is 0 Å². The Morgan fingerprint density at radius 1 is 1.03 bits per heavy atom. The molecule has 2 aromatic rings. The van der Waals surface area contributed by atoms with Gasteiger partial charge in [-0.15, -0.1) is 0 Å². The smallest absolute Gasteiger partial charge is 0.410 e. The lowest BCUT2D eigenvalue weighted by Crippen LogP contribution is -2.55. The van der Waals surface area contributed by atoms with Crippen LogP contribution in [-0.4, -0.2) is 41.8 Å². The Morgan fingerprint density at radius 2 is 1.66 bits per heavy atom. The summed E-state index contributed by atoms with van der Waals surface area (Å²) >= 11 is 0. The molecular formula is C24H32N2O3. The molecule has 0 aliphatic carbocycles.